The molecule has 0 aliphatic heterocycles. The molecule has 2 N–H and O–H groups in total. The largest absolute Gasteiger partial charge is 0.446 e. The predicted molar refractivity (Wildman–Crippen MR) is 76.4 cm³/mol. The Balaban J connectivity index is 4.25. The summed E-state index contributed by atoms with van der Waals surface area (Å²) in [7, 11) is 0. The fraction of sp³-hybridized carbons (Fsp3) is 0.933. The number of amides is 1. The van der Waals surface area contributed by atoms with E-state index in [0.29, 0.717) is 11.8 Å². The van der Waals surface area contributed by atoms with E-state index in [2.05, 4.69) is 34.6 Å². The van der Waals surface area contributed by atoms with Gasteiger partial charge in [0.25, 0.3) is 0 Å². The van der Waals surface area contributed by atoms with Crippen molar-refractivity contribution in [1.82, 2.24) is 0 Å². The minimum atomic E-state index is -0.640. The molecule has 0 aromatic rings. The van der Waals surface area contributed by atoms with E-state index in [-0.39, 0.29) is 6.10 Å². The van der Waals surface area contributed by atoms with Crippen LogP contribution in [0.5, 0.6) is 0 Å². The summed E-state index contributed by atoms with van der Waals surface area (Å²) in [5.74, 6) is 1.89. The van der Waals surface area contributed by atoms with Crippen LogP contribution in [0, 0.1) is 17.8 Å². The third-order valence-corrected chi connectivity index (χ3v) is 3.81. The van der Waals surface area contributed by atoms with Gasteiger partial charge in [-0.25, -0.2) is 4.79 Å². The van der Waals surface area contributed by atoms with Crippen LogP contribution >= 0.6 is 0 Å². The quantitative estimate of drug-likeness (QED) is 0.667. The van der Waals surface area contributed by atoms with E-state index in [0.717, 1.165) is 25.2 Å². The summed E-state index contributed by atoms with van der Waals surface area (Å²) in [6.07, 6.45) is 4.70. The molecule has 4 unspecified atom stereocenters. The molecule has 0 radical (unpaired) electrons. The Hall–Kier alpha value is -0.730. The van der Waals surface area contributed by atoms with Gasteiger partial charge in [0.1, 0.15) is 6.10 Å². The topological polar surface area (TPSA) is 52.3 Å². The van der Waals surface area contributed by atoms with E-state index in [9.17, 15) is 4.79 Å². The first-order valence-electron chi connectivity index (χ1n) is 7.34. The van der Waals surface area contributed by atoms with Crippen molar-refractivity contribution >= 4 is 6.09 Å². The van der Waals surface area contributed by atoms with Crippen molar-refractivity contribution in [3.8, 4) is 0 Å². The number of hydrogen-bond acceptors (Lipinski definition) is 2. The van der Waals surface area contributed by atoms with Crippen LogP contribution in [-0.4, -0.2) is 12.2 Å². The molecular weight excluding hydrogens is 226 g/mol. The van der Waals surface area contributed by atoms with Crippen molar-refractivity contribution < 1.29 is 9.53 Å². The number of nitrogens with two attached hydrogens (primary N) is 1. The Bertz CT molecular complexity index is 231. The van der Waals surface area contributed by atoms with Crippen molar-refractivity contribution in [3.63, 3.8) is 0 Å². The lowest BCUT2D eigenvalue weighted by atomic mass is 9.88. The highest BCUT2D eigenvalue weighted by Gasteiger charge is 2.19. The second-order valence-corrected chi connectivity index (χ2v) is 5.90. The highest BCUT2D eigenvalue weighted by molar-refractivity contribution is 5.64. The number of carbonyl (C=O) groups excluding carboxylic acids is 1. The van der Waals surface area contributed by atoms with Gasteiger partial charge in [-0.3, -0.25) is 0 Å². The van der Waals surface area contributed by atoms with E-state index >= 15 is 0 Å². The normalized spacial score (nSPS) is 17.8. The molecule has 0 aliphatic carbocycles. The molecule has 0 rings (SSSR count). The van der Waals surface area contributed by atoms with Crippen LogP contribution in [-0.2, 0) is 4.74 Å². The van der Waals surface area contributed by atoms with Crippen LogP contribution in [0.25, 0.3) is 0 Å². The summed E-state index contributed by atoms with van der Waals surface area (Å²) in [6, 6.07) is 0. The van der Waals surface area contributed by atoms with E-state index in [1.165, 1.54) is 12.8 Å². The smallest absolute Gasteiger partial charge is 0.404 e. The maximum atomic E-state index is 10.9. The SMILES string of the molecule is CCC(C)CC(C)CC(CC(C)CC)OC(N)=O. The summed E-state index contributed by atoms with van der Waals surface area (Å²) >= 11 is 0. The monoisotopic (exact) mass is 257 g/mol. The molecule has 0 saturated heterocycles. The van der Waals surface area contributed by atoms with Crippen LogP contribution in [0.1, 0.15) is 66.7 Å². The molecule has 3 heteroatoms. The second-order valence-electron chi connectivity index (χ2n) is 5.90. The van der Waals surface area contributed by atoms with E-state index in [1.807, 2.05) is 0 Å². The Kier molecular flexibility index (Phi) is 8.86. The predicted octanol–water partition coefficient (Wildman–Crippen LogP) is 4.35. The minimum Gasteiger partial charge on any atom is -0.446 e. The van der Waals surface area contributed by atoms with Crippen molar-refractivity contribution in [1.29, 1.82) is 0 Å². The van der Waals surface area contributed by atoms with Crippen LogP contribution in [0.3, 0.4) is 0 Å². The Morgan fingerprint density at radius 1 is 0.944 bits per heavy atom. The lowest BCUT2D eigenvalue weighted by Crippen LogP contribution is -2.26. The number of rotatable bonds is 9. The standard InChI is InChI=1S/C15H31NO2/c1-6-11(3)8-13(5)10-14(18-15(16)17)9-12(4)7-2/h11-14H,6-10H2,1-5H3,(H2,16,17). The fourth-order valence-corrected chi connectivity index (χ4v) is 2.37. The third-order valence-electron chi connectivity index (χ3n) is 3.81. The third kappa shape index (κ3) is 8.37. The maximum absolute atomic E-state index is 10.9. The van der Waals surface area contributed by atoms with E-state index in [1.54, 1.807) is 0 Å². The lowest BCUT2D eigenvalue weighted by molar-refractivity contribution is 0.0739. The van der Waals surface area contributed by atoms with Gasteiger partial charge in [-0.2, -0.15) is 0 Å². The number of carbonyl (C=O) groups is 1. The van der Waals surface area contributed by atoms with Gasteiger partial charge < -0.3 is 10.5 Å². The first-order valence-corrected chi connectivity index (χ1v) is 7.34. The van der Waals surface area contributed by atoms with Crippen molar-refractivity contribution in [3.05, 3.63) is 0 Å². The molecule has 0 heterocycles. The molecule has 3 nitrogen and oxygen atoms in total. The molecule has 0 aromatic heterocycles. The van der Waals surface area contributed by atoms with Gasteiger partial charge in [0, 0.05) is 0 Å². The average molecular weight is 257 g/mol. The molecular formula is C15H31NO2. The van der Waals surface area contributed by atoms with Crippen LogP contribution in [0.15, 0.2) is 0 Å². The van der Waals surface area contributed by atoms with Crippen LogP contribution in [0.2, 0.25) is 0 Å². The highest BCUT2D eigenvalue weighted by atomic mass is 16.6. The van der Waals surface area contributed by atoms with Crippen molar-refractivity contribution in [2.75, 3.05) is 0 Å². The second kappa shape index (κ2) is 9.23. The number of primary amides is 1. The van der Waals surface area contributed by atoms with E-state index < -0.39 is 6.09 Å². The van der Waals surface area contributed by atoms with Gasteiger partial charge in [-0.1, -0.05) is 47.5 Å². The van der Waals surface area contributed by atoms with Gasteiger partial charge in [0.15, 0.2) is 0 Å². The Morgan fingerprint density at radius 3 is 1.83 bits per heavy atom. The fourth-order valence-electron chi connectivity index (χ4n) is 2.37. The van der Waals surface area contributed by atoms with Crippen molar-refractivity contribution in [2.45, 2.75) is 72.8 Å². The Morgan fingerprint density at radius 2 is 1.39 bits per heavy atom. The van der Waals surface area contributed by atoms with Crippen LogP contribution < -0.4 is 5.73 Å². The van der Waals surface area contributed by atoms with Gasteiger partial charge in [0.2, 0.25) is 0 Å². The maximum Gasteiger partial charge on any atom is 0.404 e. The molecule has 0 fully saturated rings. The molecule has 0 bridgehead atoms. The zero-order valence-corrected chi connectivity index (χ0v) is 12.7. The first kappa shape index (κ1) is 17.3. The zero-order valence-electron chi connectivity index (χ0n) is 12.7. The molecule has 4 atom stereocenters. The molecule has 1 amide bonds. The van der Waals surface area contributed by atoms with Crippen molar-refractivity contribution in [2.24, 2.45) is 23.5 Å². The number of hydrogen-bond donors (Lipinski definition) is 1. The molecule has 108 valence electrons. The minimum absolute atomic E-state index is 0.0171. The van der Waals surface area contributed by atoms with Gasteiger partial charge in [-0.05, 0) is 37.0 Å². The number of ether oxygens (including phenoxy) is 1. The molecule has 0 aromatic carbocycles. The van der Waals surface area contributed by atoms with Gasteiger partial charge >= 0.3 is 6.09 Å². The summed E-state index contributed by atoms with van der Waals surface area (Å²) in [5, 5.41) is 0. The highest BCUT2D eigenvalue weighted by Crippen LogP contribution is 2.24. The van der Waals surface area contributed by atoms with Crippen LogP contribution in [0.4, 0.5) is 4.79 Å². The van der Waals surface area contributed by atoms with Gasteiger partial charge in [0.05, 0.1) is 0 Å². The molecule has 0 spiro atoms. The summed E-state index contributed by atoms with van der Waals surface area (Å²) in [4.78, 5) is 10.9. The summed E-state index contributed by atoms with van der Waals surface area (Å²) in [6.45, 7) is 11.1. The molecule has 0 aliphatic rings. The summed E-state index contributed by atoms with van der Waals surface area (Å²) in [5.41, 5.74) is 5.15. The van der Waals surface area contributed by atoms with E-state index in [4.69, 9.17) is 10.5 Å². The Labute approximate surface area is 112 Å². The van der Waals surface area contributed by atoms with Gasteiger partial charge in [-0.15, -0.1) is 0 Å². The molecule has 0 saturated carbocycles. The first-order chi connectivity index (χ1) is 8.38. The summed E-state index contributed by atoms with van der Waals surface area (Å²) < 4.78 is 5.25. The molecule has 18 heavy (non-hydrogen) atoms. The average Bonchev–Trinajstić information content (AvgIpc) is 2.27. The zero-order chi connectivity index (χ0) is 14.1. The lowest BCUT2D eigenvalue weighted by Gasteiger charge is -2.24.